The van der Waals surface area contributed by atoms with Crippen LogP contribution in [0.25, 0.3) is 16.8 Å². The molecule has 2 N–H and O–H groups in total. The van der Waals surface area contributed by atoms with Crippen LogP contribution in [0, 0.1) is 0 Å². The fourth-order valence-electron chi connectivity index (χ4n) is 2.92. The van der Waals surface area contributed by atoms with E-state index < -0.39 is 27.7 Å². The van der Waals surface area contributed by atoms with Crippen molar-refractivity contribution in [2.45, 2.75) is 18.9 Å². The molecule has 0 spiro atoms. The Morgan fingerprint density at radius 3 is 2.41 bits per heavy atom. The topological polar surface area (TPSA) is 87.2 Å². The molecule has 0 aliphatic heterocycles. The lowest BCUT2D eigenvalue weighted by molar-refractivity contribution is -0.140. The van der Waals surface area contributed by atoms with Gasteiger partial charge >= 0.3 is 6.18 Å². The Hall–Kier alpha value is -2.85. The number of rotatable bonds is 6. The van der Waals surface area contributed by atoms with Crippen LogP contribution in [0.4, 0.5) is 19.0 Å². The monoisotopic (exact) mass is 425 g/mol. The summed E-state index contributed by atoms with van der Waals surface area (Å²) in [5.41, 5.74) is 5.52. The Morgan fingerprint density at radius 1 is 1.10 bits per heavy atom. The predicted octanol–water partition coefficient (Wildman–Crippen LogP) is 4.01. The molecular formula is C19H18F3N3O3S. The van der Waals surface area contributed by atoms with E-state index in [2.05, 4.69) is 5.10 Å². The van der Waals surface area contributed by atoms with Gasteiger partial charge in [0.25, 0.3) is 10.1 Å². The summed E-state index contributed by atoms with van der Waals surface area (Å²) in [7, 11) is -3.80. The Morgan fingerprint density at radius 2 is 1.79 bits per heavy atom. The highest BCUT2D eigenvalue weighted by atomic mass is 32.2. The van der Waals surface area contributed by atoms with Gasteiger partial charge in [-0.2, -0.15) is 26.7 Å². The van der Waals surface area contributed by atoms with Crippen molar-refractivity contribution in [3.63, 3.8) is 0 Å². The standard InChI is InChI=1S/C19H18F3N3O3S/c1-2-28-29(26,27)12-13-7-6-10-15(11-13)25-18(23)16(14-8-4-3-5-9-14)17(24-25)19(20,21)22/h3-11H,2,12,23H2,1H3. The number of benzene rings is 2. The maximum absolute atomic E-state index is 13.6. The zero-order valence-corrected chi connectivity index (χ0v) is 16.2. The molecule has 29 heavy (non-hydrogen) atoms. The minimum atomic E-state index is -4.72. The Balaban J connectivity index is 2.11. The first-order valence-corrected chi connectivity index (χ1v) is 10.2. The second-order valence-corrected chi connectivity index (χ2v) is 7.80. The van der Waals surface area contributed by atoms with Crippen molar-refractivity contribution < 1.29 is 25.8 Å². The second kappa shape index (κ2) is 7.88. The lowest BCUT2D eigenvalue weighted by atomic mass is 10.1. The quantitative estimate of drug-likeness (QED) is 0.603. The van der Waals surface area contributed by atoms with E-state index in [0.717, 1.165) is 4.68 Å². The van der Waals surface area contributed by atoms with Crippen molar-refractivity contribution in [1.82, 2.24) is 9.78 Å². The summed E-state index contributed by atoms with van der Waals surface area (Å²) in [6, 6.07) is 13.9. The summed E-state index contributed by atoms with van der Waals surface area (Å²) in [6.45, 7) is 1.53. The number of halogens is 3. The molecule has 0 atom stereocenters. The minimum Gasteiger partial charge on any atom is -0.383 e. The van der Waals surface area contributed by atoms with Crippen molar-refractivity contribution in [2.24, 2.45) is 0 Å². The summed E-state index contributed by atoms with van der Waals surface area (Å²) < 4.78 is 70.2. The largest absolute Gasteiger partial charge is 0.435 e. The van der Waals surface area contributed by atoms with Crippen LogP contribution >= 0.6 is 0 Å². The minimum absolute atomic E-state index is 0.0104. The van der Waals surface area contributed by atoms with E-state index in [1.165, 1.54) is 36.4 Å². The van der Waals surface area contributed by atoms with Gasteiger partial charge in [-0.3, -0.25) is 4.18 Å². The number of hydrogen-bond donors (Lipinski definition) is 1. The van der Waals surface area contributed by atoms with Gasteiger partial charge in [0.2, 0.25) is 0 Å². The lowest BCUT2D eigenvalue weighted by Gasteiger charge is -2.08. The van der Waals surface area contributed by atoms with Crippen LogP contribution < -0.4 is 5.73 Å². The first-order chi connectivity index (χ1) is 13.6. The molecule has 0 amide bonds. The number of anilines is 1. The predicted molar refractivity (Wildman–Crippen MR) is 103 cm³/mol. The lowest BCUT2D eigenvalue weighted by Crippen LogP contribution is -2.10. The second-order valence-electron chi connectivity index (χ2n) is 6.16. The van der Waals surface area contributed by atoms with E-state index in [4.69, 9.17) is 9.92 Å². The Kier molecular flexibility index (Phi) is 5.67. The number of nitrogens with two attached hydrogens (primary N) is 1. The van der Waals surface area contributed by atoms with E-state index >= 15 is 0 Å². The summed E-state index contributed by atoms with van der Waals surface area (Å²) in [5, 5.41) is 3.69. The highest BCUT2D eigenvalue weighted by molar-refractivity contribution is 7.85. The van der Waals surface area contributed by atoms with E-state index in [0.29, 0.717) is 5.56 Å². The Bertz CT molecular complexity index is 1110. The molecule has 0 unspecified atom stereocenters. The van der Waals surface area contributed by atoms with Gasteiger partial charge in [-0.25, -0.2) is 4.68 Å². The molecule has 1 aromatic heterocycles. The van der Waals surface area contributed by atoms with Crippen LogP contribution in [-0.2, 0) is 26.2 Å². The van der Waals surface area contributed by atoms with E-state index in [-0.39, 0.29) is 29.2 Å². The number of nitrogen functional groups attached to an aromatic ring is 1. The van der Waals surface area contributed by atoms with Gasteiger partial charge in [0.15, 0.2) is 5.69 Å². The maximum Gasteiger partial charge on any atom is 0.435 e. The molecule has 2 aromatic carbocycles. The van der Waals surface area contributed by atoms with Crippen molar-refractivity contribution in [3.8, 4) is 16.8 Å². The number of alkyl halides is 3. The SMILES string of the molecule is CCOS(=O)(=O)Cc1cccc(-n2nc(C(F)(F)F)c(-c3ccccc3)c2N)c1. The zero-order chi connectivity index (χ0) is 21.2. The maximum atomic E-state index is 13.6. The van der Waals surface area contributed by atoms with Gasteiger partial charge in [-0.05, 0) is 30.2 Å². The highest BCUT2D eigenvalue weighted by Gasteiger charge is 2.39. The van der Waals surface area contributed by atoms with Gasteiger partial charge < -0.3 is 5.73 Å². The molecule has 0 fully saturated rings. The van der Waals surface area contributed by atoms with Crippen LogP contribution in [0.3, 0.4) is 0 Å². The normalized spacial score (nSPS) is 12.3. The fourth-order valence-corrected chi connectivity index (χ4v) is 3.95. The fraction of sp³-hybridized carbons (Fsp3) is 0.211. The molecule has 1 heterocycles. The molecule has 154 valence electrons. The average molecular weight is 425 g/mol. The van der Waals surface area contributed by atoms with E-state index in [9.17, 15) is 21.6 Å². The molecule has 0 radical (unpaired) electrons. The molecule has 3 rings (SSSR count). The van der Waals surface area contributed by atoms with Crippen LogP contribution in [0.5, 0.6) is 0 Å². The summed E-state index contributed by atoms with van der Waals surface area (Å²) >= 11 is 0. The van der Waals surface area contributed by atoms with Crippen LogP contribution in [0.1, 0.15) is 18.2 Å². The number of nitrogens with zero attached hydrogens (tertiary/aromatic N) is 2. The zero-order valence-electron chi connectivity index (χ0n) is 15.3. The molecular weight excluding hydrogens is 407 g/mol. The molecule has 6 nitrogen and oxygen atoms in total. The van der Waals surface area contributed by atoms with E-state index in [1.807, 2.05) is 0 Å². The third-order valence-corrected chi connectivity index (χ3v) is 5.33. The van der Waals surface area contributed by atoms with Crippen LogP contribution in [0.2, 0.25) is 0 Å². The molecule has 0 bridgehead atoms. The smallest absolute Gasteiger partial charge is 0.383 e. The van der Waals surface area contributed by atoms with Crippen molar-refractivity contribution in [3.05, 3.63) is 65.9 Å². The van der Waals surface area contributed by atoms with Gasteiger partial charge in [0.1, 0.15) is 11.6 Å². The van der Waals surface area contributed by atoms with Gasteiger partial charge in [-0.1, -0.05) is 42.5 Å². The highest BCUT2D eigenvalue weighted by Crippen LogP contribution is 2.40. The molecule has 0 saturated heterocycles. The van der Waals surface area contributed by atoms with Crippen molar-refractivity contribution in [1.29, 1.82) is 0 Å². The first kappa shape index (κ1) is 20.9. The molecule has 0 saturated carbocycles. The van der Waals surface area contributed by atoms with Crippen LogP contribution in [0.15, 0.2) is 54.6 Å². The Labute approximate surface area is 165 Å². The molecule has 3 aromatic rings. The third-order valence-electron chi connectivity index (χ3n) is 4.05. The van der Waals surface area contributed by atoms with Gasteiger partial charge in [-0.15, -0.1) is 0 Å². The molecule has 10 heteroatoms. The first-order valence-electron chi connectivity index (χ1n) is 8.60. The van der Waals surface area contributed by atoms with Gasteiger partial charge in [0, 0.05) is 0 Å². The summed E-state index contributed by atoms with van der Waals surface area (Å²) in [6.07, 6.45) is -4.72. The molecule has 0 aliphatic carbocycles. The average Bonchev–Trinajstić information content (AvgIpc) is 3.00. The summed E-state index contributed by atoms with van der Waals surface area (Å²) in [4.78, 5) is 0. The van der Waals surface area contributed by atoms with E-state index in [1.54, 1.807) is 25.1 Å². The number of hydrogen-bond acceptors (Lipinski definition) is 5. The van der Waals surface area contributed by atoms with Crippen LogP contribution in [-0.4, -0.2) is 24.8 Å². The van der Waals surface area contributed by atoms with Crippen molar-refractivity contribution >= 4 is 15.9 Å². The summed E-state index contributed by atoms with van der Waals surface area (Å²) in [5.74, 6) is -0.624. The third kappa shape index (κ3) is 4.60. The van der Waals surface area contributed by atoms with Gasteiger partial charge in [0.05, 0.1) is 17.9 Å². The number of aromatic nitrogens is 2. The van der Waals surface area contributed by atoms with Crippen molar-refractivity contribution in [2.75, 3.05) is 12.3 Å². The molecule has 0 aliphatic rings.